The van der Waals surface area contributed by atoms with Gasteiger partial charge < -0.3 is 15.1 Å². The standard InChI is InChI=1S/C22H21N7S/c30-22(23-18-9-5-2-6-10-18)28-15-13-27(14-16-28)20-12-11-19-24-25-21(29(19)26-20)17-7-3-1-4-8-17/h1-12H,13-16H2,(H,23,30). The molecule has 0 unspecified atom stereocenters. The van der Waals surface area contributed by atoms with Gasteiger partial charge in [0, 0.05) is 37.4 Å². The van der Waals surface area contributed by atoms with E-state index in [0.29, 0.717) is 0 Å². The maximum atomic E-state index is 5.59. The maximum absolute atomic E-state index is 5.59. The Bertz CT molecular complexity index is 1150. The highest BCUT2D eigenvalue weighted by molar-refractivity contribution is 7.80. The highest BCUT2D eigenvalue weighted by atomic mass is 32.1. The minimum Gasteiger partial charge on any atom is -0.352 e. The summed E-state index contributed by atoms with van der Waals surface area (Å²) in [5, 5.41) is 17.5. The Balaban J connectivity index is 1.30. The van der Waals surface area contributed by atoms with Crippen molar-refractivity contribution in [2.75, 3.05) is 36.4 Å². The second-order valence-corrected chi connectivity index (χ2v) is 7.51. The fourth-order valence-corrected chi connectivity index (χ4v) is 3.88. The molecule has 3 heterocycles. The van der Waals surface area contributed by atoms with Crippen LogP contribution in [-0.2, 0) is 0 Å². The SMILES string of the molecule is S=C(Nc1ccccc1)N1CCN(c2ccc3nnc(-c4ccccc4)n3n2)CC1. The Morgan fingerprint density at radius 3 is 2.23 bits per heavy atom. The Morgan fingerprint density at radius 1 is 0.800 bits per heavy atom. The predicted octanol–water partition coefficient (Wildman–Crippen LogP) is 3.31. The first kappa shape index (κ1) is 18.5. The van der Waals surface area contributed by atoms with Crippen molar-refractivity contribution in [1.29, 1.82) is 0 Å². The Kier molecular flexibility index (Phi) is 4.98. The molecule has 0 saturated carbocycles. The van der Waals surface area contributed by atoms with E-state index in [9.17, 15) is 0 Å². The molecule has 5 rings (SSSR count). The number of thiocarbonyl (C=S) groups is 1. The molecule has 0 amide bonds. The van der Waals surface area contributed by atoms with Crippen molar-refractivity contribution in [3.8, 4) is 11.4 Å². The number of rotatable bonds is 3. The Hall–Kier alpha value is -3.52. The van der Waals surface area contributed by atoms with Gasteiger partial charge in [-0.05, 0) is 36.5 Å². The molecular weight excluding hydrogens is 394 g/mol. The zero-order valence-corrected chi connectivity index (χ0v) is 17.2. The normalized spacial score (nSPS) is 14.1. The molecule has 30 heavy (non-hydrogen) atoms. The van der Waals surface area contributed by atoms with Gasteiger partial charge in [0.2, 0.25) is 0 Å². The van der Waals surface area contributed by atoms with Crippen LogP contribution in [0.2, 0.25) is 0 Å². The van der Waals surface area contributed by atoms with E-state index in [4.69, 9.17) is 17.3 Å². The summed E-state index contributed by atoms with van der Waals surface area (Å²) < 4.78 is 1.82. The first-order valence-corrected chi connectivity index (χ1v) is 10.3. The number of para-hydroxylation sites is 1. The number of hydrogen-bond acceptors (Lipinski definition) is 5. The van der Waals surface area contributed by atoms with Crippen molar-refractivity contribution in [2.45, 2.75) is 0 Å². The van der Waals surface area contributed by atoms with Crippen LogP contribution in [0.5, 0.6) is 0 Å². The third-order valence-corrected chi connectivity index (χ3v) is 5.56. The van der Waals surface area contributed by atoms with Gasteiger partial charge in [-0.15, -0.1) is 15.3 Å². The third kappa shape index (κ3) is 3.69. The molecule has 1 aliphatic rings. The second kappa shape index (κ2) is 8.08. The predicted molar refractivity (Wildman–Crippen MR) is 123 cm³/mol. The minimum atomic E-state index is 0.740. The van der Waals surface area contributed by atoms with Gasteiger partial charge in [-0.3, -0.25) is 0 Å². The van der Waals surface area contributed by atoms with Gasteiger partial charge in [0.1, 0.15) is 5.82 Å². The van der Waals surface area contributed by atoms with E-state index in [0.717, 1.165) is 59.8 Å². The lowest BCUT2D eigenvalue weighted by Crippen LogP contribution is -2.50. The van der Waals surface area contributed by atoms with Crippen LogP contribution in [0.1, 0.15) is 0 Å². The summed E-state index contributed by atoms with van der Waals surface area (Å²) in [5.41, 5.74) is 2.75. The van der Waals surface area contributed by atoms with E-state index in [1.807, 2.05) is 77.3 Å². The number of anilines is 2. The number of piperazine rings is 1. The van der Waals surface area contributed by atoms with Crippen molar-refractivity contribution in [2.24, 2.45) is 0 Å². The monoisotopic (exact) mass is 415 g/mol. The molecule has 7 nitrogen and oxygen atoms in total. The largest absolute Gasteiger partial charge is 0.352 e. The van der Waals surface area contributed by atoms with Crippen molar-refractivity contribution < 1.29 is 0 Å². The lowest BCUT2D eigenvalue weighted by Gasteiger charge is -2.36. The van der Waals surface area contributed by atoms with Crippen LogP contribution in [0.3, 0.4) is 0 Å². The van der Waals surface area contributed by atoms with E-state index in [1.54, 1.807) is 0 Å². The number of nitrogens with one attached hydrogen (secondary N) is 1. The van der Waals surface area contributed by atoms with Crippen LogP contribution in [0.4, 0.5) is 11.5 Å². The molecule has 1 saturated heterocycles. The van der Waals surface area contributed by atoms with Crippen molar-refractivity contribution >= 4 is 34.5 Å². The summed E-state index contributed by atoms with van der Waals surface area (Å²) >= 11 is 5.59. The van der Waals surface area contributed by atoms with E-state index in [1.165, 1.54) is 0 Å². The fraction of sp³-hybridized carbons (Fsp3) is 0.182. The second-order valence-electron chi connectivity index (χ2n) is 7.12. The van der Waals surface area contributed by atoms with Crippen LogP contribution < -0.4 is 10.2 Å². The van der Waals surface area contributed by atoms with E-state index < -0.39 is 0 Å². The molecule has 1 fully saturated rings. The fourth-order valence-electron chi connectivity index (χ4n) is 3.58. The zero-order chi connectivity index (χ0) is 20.3. The van der Waals surface area contributed by atoms with Crippen LogP contribution in [-0.4, -0.2) is 56.0 Å². The summed E-state index contributed by atoms with van der Waals surface area (Å²) in [5.74, 6) is 1.67. The molecule has 0 spiro atoms. The van der Waals surface area contributed by atoms with E-state index in [2.05, 4.69) is 25.3 Å². The van der Waals surface area contributed by atoms with Crippen molar-refractivity contribution in [1.82, 2.24) is 24.7 Å². The first-order valence-electron chi connectivity index (χ1n) is 9.92. The summed E-state index contributed by atoms with van der Waals surface area (Å²) in [6, 6.07) is 24.0. The Morgan fingerprint density at radius 2 is 1.50 bits per heavy atom. The van der Waals surface area contributed by atoms with Gasteiger partial charge in [-0.2, -0.15) is 4.52 Å². The number of benzene rings is 2. The quantitative estimate of drug-likeness (QED) is 0.515. The number of aromatic nitrogens is 4. The van der Waals surface area contributed by atoms with Crippen LogP contribution in [0.25, 0.3) is 17.0 Å². The number of hydrogen-bond donors (Lipinski definition) is 1. The molecule has 0 bridgehead atoms. The van der Waals surface area contributed by atoms with E-state index >= 15 is 0 Å². The molecule has 0 atom stereocenters. The number of fused-ring (bicyclic) bond motifs is 1. The lowest BCUT2D eigenvalue weighted by atomic mass is 10.2. The molecule has 8 heteroatoms. The molecule has 1 N–H and O–H groups in total. The molecule has 1 aliphatic heterocycles. The average molecular weight is 416 g/mol. The third-order valence-electron chi connectivity index (χ3n) is 5.20. The van der Waals surface area contributed by atoms with Crippen molar-refractivity contribution in [3.63, 3.8) is 0 Å². The molecular formula is C22H21N7S. The zero-order valence-electron chi connectivity index (χ0n) is 16.3. The molecule has 0 radical (unpaired) electrons. The van der Waals surface area contributed by atoms with Crippen LogP contribution in [0, 0.1) is 0 Å². The molecule has 2 aromatic carbocycles. The van der Waals surface area contributed by atoms with Gasteiger partial charge >= 0.3 is 0 Å². The topological polar surface area (TPSA) is 61.6 Å². The molecule has 4 aromatic rings. The van der Waals surface area contributed by atoms with Crippen LogP contribution >= 0.6 is 12.2 Å². The van der Waals surface area contributed by atoms with E-state index in [-0.39, 0.29) is 0 Å². The number of nitrogens with zero attached hydrogens (tertiary/aromatic N) is 6. The van der Waals surface area contributed by atoms with Gasteiger partial charge in [0.15, 0.2) is 16.6 Å². The average Bonchev–Trinajstić information content (AvgIpc) is 3.24. The van der Waals surface area contributed by atoms with Gasteiger partial charge in [0.05, 0.1) is 0 Å². The molecule has 0 aliphatic carbocycles. The lowest BCUT2D eigenvalue weighted by molar-refractivity contribution is 0.389. The highest BCUT2D eigenvalue weighted by Gasteiger charge is 2.21. The summed E-state index contributed by atoms with van der Waals surface area (Å²) in [4.78, 5) is 4.47. The van der Waals surface area contributed by atoms with Gasteiger partial charge in [0.25, 0.3) is 0 Å². The van der Waals surface area contributed by atoms with Crippen molar-refractivity contribution in [3.05, 3.63) is 72.8 Å². The van der Waals surface area contributed by atoms with Crippen LogP contribution in [0.15, 0.2) is 72.8 Å². The molecule has 150 valence electrons. The minimum absolute atomic E-state index is 0.740. The summed E-state index contributed by atoms with van der Waals surface area (Å²) in [7, 11) is 0. The first-order chi connectivity index (χ1) is 14.8. The van der Waals surface area contributed by atoms with Gasteiger partial charge in [-0.1, -0.05) is 48.5 Å². The summed E-state index contributed by atoms with van der Waals surface area (Å²) in [6.07, 6.45) is 0. The summed E-state index contributed by atoms with van der Waals surface area (Å²) in [6.45, 7) is 3.37. The van der Waals surface area contributed by atoms with Gasteiger partial charge in [-0.25, -0.2) is 0 Å². The highest BCUT2D eigenvalue weighted by Crippen LogP contribution is 2.20. The maximum Gasteiger partial charge on any atom is 0.185 e. The molecule has 2 aromatic heterocycles. The smallest absolute Gasteiger partial charge is 0.185 e. The Labute approximate surface area is 180 Å².